The Kier molecular flexibility index (Phi) is 8.17. The summed E-state index contributed by atoms with van der Waals surface area (Å²) in [5, 5.41) is 21.6. The predicted octanol–water partition coefficient (Wildman–Crippen LogP) is -3.15. The van der Waals surface area contributed by atoms with Gasteiger partial charge in [0.25, 0.3) is 0 Å². The van der Waals surface area contributed by atoms with Crippen LogP contribution in [-0.2, 0) is 19.2 Å². The Morgan fingerprint density at radius 1 is 1.00 bits per heavy atom. The summed E-state index contributed by atoms with van der Waals surface area (Å²) >= 11 is 2.74. The van der Waals surface area contributed by atoms with Crippen LogP contribution in [0.3, 0.4) is 0 Å². The molecule has 0 aromatic rings. The van der Waals surface area contributed by atoms with Crippen LogP contribution in [0, 0.1) is 0 Å². The van der Waals surface area contributed by atoms with Crippen molar-refractivity contribution in [3.8, 4) is 0 Å². The van der Waals surface area contributed by atoms with E-state index in [0.717, 1.165) is 0 Å². The zero-order valence-electron chi connectivity index (χ0n) is 16.2. The van der Waals surface area contributed by atoms with Crippen molar-refractivity contribution in [2.24, 2.45) is 11.5 Å². The van der Waals surface area contributed by atoms with Crippen molar-refractivity contribution >= 4 is 47.2 Å². The number of aliphatic hydroxyl groups is 2. The molecule has 13 heteroatoms. The first kappa shape index (κ1) is 23.7. The topological polar surface area (TPSA) is 179 Å². The van der Waals surface area contributed by atoms with Gasteiger partial charge in [-0.1, -0.05) is 0 Å². The van der Waals surface area contributed by atoms with Crippen molar-refractivity contribution in [1.82, 2.24) is 15.1 Å². The van der Waals surface area contributed by atoms with Crippen molar-refractivity contribution < 1.29 is 29.4 Å². The lowest BCUT2D eigenvalue weighted by Crippen LogP contribution is -2.59. The van der Waals surface area contributed by atoms with Crippen molar-refractivity contribution in [2.45, 2.75) is 50.2 Å². The van der Waals surface area contributed by atoms with Crippen LogP contribution in [-0.4, -0.2) is 103 Å². The van der Waals surface area contributed by atoms with Crippen molar-refractivity contribution in [2.75, 3.05) is 23.3 Å². The van der Waals surface area contributed by atoms with Crippen molar-refractivity contribution in [3.05, 3.63) is 0 Å². The quantitative estimate of drug-likeness (QED) is 0.268. The lowest BCUT2D eigenvalue weighted by molar-refractivity contribution is -0.147. The van der Waals surface area contributed by atoms with Gasteiger partial charge in [0, 0.05) is 11.5 Å². The first-order valence-electron chi connectivity index (χ1n) is 9.04. The number of primary amides is 1. The normalized spacial score (nSPS) is 26.0. The van der Waals surface area contributed by atoms with Gasteiger partial charge >= 0.3 is 0 Å². The van der Waals surface area contributed by atoms with Crippen LogP contribution in [0.1, 0.15) is 13.8 Å². The third-order valence-corrected chi connectivity index (χ3v) is 6.83. The summed E-state index contributed by atoms with van der Waals surface area (Å²) in [4.78, 5) is 52.4. The summed E-state index contributed by atoms with van der Waals surface area (Å²) in [6.07, 6.45) is -2.24. The third-order valence-electron chi connectivity index (χ3n) is 4.81. The molecule has 0 aromatic heterocycles. The molecule has 29 heavy (non-hydrogen) atoms. The van der Waals surface area contributed by atoms with Crippen LogP contribution in [0.25, 0.3) is 0 Å². The van der Waals surface area contributed by atoms with E-state index in [9.17, 15) is 29.4 Å². The molecule has 164 valence electrons. The van der Waals surface area contributed by atoms with E-state index in [1.807, 2.05) is 0 Å². The zero-order chi connectivity index (χ0) is 21.9. The predicted molar refractivity (Wildman–Crippen MR) is 108 cm³/mol. The van der Waals surface area contributed by atoms with Crippen LogP contribution in [0.5, 0.6) is 0 Å². The lowest BCUT2D eigenvalue weighted by atomic mass is 10.1. The Hall–Kier alpha value is -1.54. The van der Waals surface area contributed by atoms with E-state index in [1.165, 1.54) is 47.2 Å². The van der Waals surface area contributed by atoms with Crippen molar-refractivity contribution in [1.29, 1.82) is 0 Å². The van der Waals surface area contributed by atoms with Crippen LogP contribution >= 0.6 is 23.5 Å². The standard InChI is InChI=1S/C16H27N5O6S2/c1-7(22)11(17)16(27)21-6-29-4-10(21)15(26)20-5-28-3-9(20)14(25)19-12(8(2)23)13(18)24/h7-12,22-23H,3-6,17H2,1-2H3,(H2,18,24)(H,19,25)/t7-,8-,9+,10+,11+,12+/m1/s1. The minimum absolute atomic E-state index is 0.249. The maximum Gasteiger partial charge on any atom is 0.247 e. The van der Waals surface area contributed by atoms with E-state index in [-0.39, 0.29) is 11.8 Å². The van der Waals surface area contributed by atoms with Gasteiger partial charge in [0.15, 0.2) is 0 Å². The monoisotopic (exact) mass is 449 g/mol. The number of nitrogens with one attached hydrogen (secondary N) is 1. The molecule has 6 atom stereocenters. The van der Waals surface area contributed by atoms with Gasteiger partial charge in [-0.25, -0.2) is 0 Å². The SMILES string of the molecule is C[C@@H](O)[C@H](N)C(=O)N1CSC[C@H]1C(=O)N1CSC[C@H]1C(=O)N[C@H](C(N)=O)[C@@H](C)O. The van der Waals surface area contributed by atoms with Crippen LogP contribution < -0.4 is 16.8 Å². The summed E-state index contributed by atoms with van der Waals surface area (Å²) in [6.45, 7) is 2.73. The second-order valence-corrected chi connectivity index (χ2v) is 9.04. The van der Waals surface area contributed by atoms with Crippen LogP contribution in [0.15, 0.2) is 0 Å². The minimum atomic E-state index is -1.27. The van der Waals surface area contributed by atoms with E-state index in [4.69, 9.17) is 11.5 Å². The number of amides is 4. The average Bonchev–Trinajstić information content (AvgIpc) is 3.32. The van der Waals surface area contributed by atoms with Crippen LogP contribution in [0.4, 0.5) is 0 Å². The van der Waals surface area contributed by atoms with E-state index in [0.29, 0.717) is 11.5 Å². The highest BCUT2D eigenvalue weighted by Gasteiger charge is 2.44. The summed E-state index contributed by atoms with van der Waals surface area (Å²) in [6, 6.07) is -4.07. The Balaban J connectivity index is 2.11. The molecule has 0 radical (unpaired) electrons. The van der Waals surface area contributed by atoms with Gasteiger partial charge < -0.3 is 36.8 Å². The number of aliphatic hydroxyl groups excluding tert-OH is 2. The Morgan fingerprint density at radius 2 is 1.55 bits per heavy atom. The molecule has 0 spiro atoms. The number of hydrogen-bond acceptors (Lipinski definition) is 9. The molecule has 0 aliphatic carbocycles. The molecule has 7 N–H and O–H groups in total. The molecule has 2 aliphatic rings. The number of nitrogens with two attached hydrogens (primary N) is 2. The molecule has 0 aromatic carbocycles. The molecule has 0 saturated carbocycles. The van der Waals surface area contributed by atoms with E-state index < -0.39 is 60.0 Å². The Bertz CT molecular complexity index is 664. The van der Waals surface area contributed by atoms with Crippen molar-refractivity contribution in [3.63, 3.8) is 0 Å². The van der Waals surface area contributed by atoms with Gasteiger partial charge in [0.2, 0.25) is 23.6 Å². The number of rotatable bonds is 7. The minimum Gasteiger partial charge on any atom is -0.391 e. The van der Waals surface area contributed by atoms with Crippen LogP contribution in [0.2, 0.25) is 0 Å². The Labute approximate surface area is 176 Å². The zero-order valence-corrected chi connectivity index (χ0v) is 17.8. The average molecular weight is 450 g/mol. The van der Waals surface area contributed by atoms with Gasteiger partial charge in [-0.2, -0.15) is 0 Å². The third kappa shape index (κ3) is 5.34. The second kappa shape index (κ2) is 9.98. The fraction of sp³-hybridized carbons (Fsp3) is 0.750. The molecule has 4 amide bonds. The van der Waals surface area contributed by atoms with Gasteiger partial charge in [0.1, 0.15) is 24.2 Å². The largest absolute Gasteiger partial charge is 0.391 e. The fourth-order valence-corrected chi connectivity index (χ4v) is 5.33. The highest BCUT2D eigenvalue weighted by Crippen LogP contribution is 2.28. The first-order chi connectivity index (χ1) is 13.6. The molecular weight excluding hydrogens is 422 g/mol. The highest BCUT2D eigenvalue weighted by molar-refractivity contribution is 7.99. The van der Waals surface area contributed by atoms with Gasteiger partial charge in [-0.15, -0.1) is 23.5 Å². The fourth-order valence-electron chi connectivity index (χ4n) is 3.01. The maximum atomic E-state index is 13.1. The van der Waals surface area contributed by atoms with Gasteiger partial charge in [-0.05, 0) is 13.8 Å². The van der Waals surface area contributed by atoms with E-state index in [1.54, 1.807) is 0 Å². The molecule has 2 heterocycles. The number of carbonyl (C=O) groups excluding carboxylic acids is 4. The summed E-state index contributed by atoms with van der Waals surface area (Å²) in [5.74, 6) is -1.24. The summed E-state index contributed by atoms with van der Waals surface area (Å²) in [5.41, 5.74) is 10.9. The molecular formula is C16H27N5O6S2. The highest BCUT2D eigenvalue weighted by atomic mass is 32.2. The molecule has 0 bridgehead atoms. The van der Waals surface area contributed by atoms with E-state index in [2.05, 4.69) is 5.32 Å². The van der Waals surface area contributed by atoms with Gasteiger partial charge in [-0.3, -0.25) is 19.2 Å². The number of hydrogen-bond donors (Lipinski definition) is 5. The number of carbonyl (C=O) groups is 4. The van der Waals surface area contributed by atoms with Gasteiger partial charge in [0.05, 0.1) is 24.0 Å². The molecule has 2 fully saturated rings. The van der Waals surface area contributed by atoms with E-state index >= 15 is 0 Å². The maximum absolute atomic E-state index is 13.1. The molecule has 2 rings (SSSR count). The number of nitrogens with zero attached hydrogens (tertiary/aromatic N) is 2. The molecule has 2 aliphatic heterocycles. The molecule has 11 nitrogen and oxygen atoms in total. The molecule has 0 unspecified atom stereocenters. The first-order valence-corrected chi connectivity index (χ1v) is 11.3. The summed E-state index contributed by atoms with van der Waals surface area (Å²) in [7, 11) is 0. The lowest BCUT2D eigenvalue weighted by Gasteiger charge is -2.32. The second-order valence-electron chi connectivity index (χ2n) is 7.04. The smallest absolute Gasteiger partial charge is 0.247 e. The number of thioether (sulfide) groups is 2. The molecule has 2 saturated heterocycles. The summed E-state index contributed by atoms with van der Waals surface area (Å²) < 4.78 is 0. The Morgan fingerprint density at radius 3 is 2.07 bits per heavy atom.